The topological polar surface area (TPSA) is 244 Å². The Morgan fingerprint density at radius 1 is 0.576 bits per heavy atom. The first-order valence-corrected chi connectivity index (χ1v) is 23.1. The Labute approximate surface area is 375 Å². The molecule has 4 aromatic rings. The molecule has 0 spiro atoms. The van der Waals surface area contributed by atoms with Gasteiger partial charge in [-0.15, -0.1) is 0 Å². The number of fused-ring (bicyclic) bond motifs is 2. The minimum Gasteiger partial charge on any atom is -0.323 e. The first-order valence-electron chi connectivity index (χ1n) is 20.2. The molecular formula is C44H42F6N6O8S2. The maximum absolute atomic E-state index is 14.0. The Kier molecular flexibility index (Phi) is 13.2. The number of carbonyl (C=O) groups is 2. The standard InChI is InChI=1S/C44H42F6N6O8S2/c1-5-23-17-27(18-24(6-2)35(23)41(65(59,60)61)21-33(55-51)37(53-39(57)43(45,46)47)29-13-9-11-15-31(29)41)28-19-25(7-3)36(26(8-4)20-28)42(66(62,63)64)22-34(56-52)38(54-40(58)44(48,49)50)30-14-10-12-16-32(30)42/h9-20H,5-8,21-22,51-52H2,1-4H3,(H,59,60,61)(H,62,63,64). The van der Waals surface area contributed by atoms with Gasteiger partial charge in [0.15, 0.2) is 9.49 Å². The van der Waals surface area contributed by atoms with Gasteiger partial charge in [0, 0.05) is 24.0 Å². The molecule has 2 amide bonds. The number of rotatable bonds is 9. The fraction of sp³-hybridized carbons (Fsp3) is 0.318. The first kappa shape index (κ1) is 49.3. The van der Waals surface area contributed by atoms with Gasteiger partial charge in [0.25, 0.3) is 20.2 Å². The Balaban J connectivity index is 1.65. The number of amides is 2. The van der Waals surface area contributed by atoms with Crippen molar-refractivity contribution in [1.29, 1.82) is 0 Å². The van der Waals surface area contributed by atoms with Crippen LogP contribution >= 0.6 is 0 Å². The number of benzene rings is 4. The number of aliphatic imine (C=N–C) groups is 2. The average molecular weight is 961 g/mol. The van der Waals surface area contributed by atoms with Crippen molar-refractivity contribution in [2.24, 2.45) is 31.9 Å². The third-order valence-electron chi connectivity index (χ3n) is 12.0. The summed E-state index contributed by atoms with van der Waals surface area (Å²) in [5.74, 6) is 6.35. The van der Waals surface area contributed by atoms with Gasteiger partial charge in [-0.1, -0.05) is 100 Å². The van der Waals surface area contributed by atoms with E-state index in [0.29, 0.717) is 33.4 Å². The number of hydrazone groups is 2. The van der Waals surface area contributed by atoms with Crippen molar-refractivity contribution in [3.05, 3.63) is 128 Å². The number of halogens is 6. The van der Waals surface area contributed by atoms with Gasteiger partial charge in [0.05, 0.1) is 22.8 Å². The van der Waals surface area contributed by atoms with Crippen LogP contribution in [0.15, 0.2) is 93.0 Å². The number of aryl methyl sites for hydroxylation is 4. The summed E-state index contributed by atoms with van der Waals surface area (Å²) in [4.78, 5) is 30.8. The Morgan fingerprint density at radius 3 is 1.11 bits per heavy atom. The second-order valence-electron chi connectivity index (χ2n) is 15.5. The number of nitrogens with two attached hydrogens (primary N) is 2. The molecule has 0 aliphatic heterocycles. The van der Waals surface area contributed by atoms with E-state index in [1.165, 1.54) is 48.5 Å². The molecule has 0 radical (unpaired) electrons. The largest absolute Gasteiger partial charge is 0.473 e. The van der Waals surface area contributed by atoms with Crippen molar-refractivity contribution in [2.45, 2.75) is 88.1 Å². The van der Waals surface area contributed by atoms with Gasteiger partial charge < -0.3 is 11.7 Å². The third-order valence-corrected chi connectivity index (χ3v) is 14.9. The second-order valence-corrected chi connectivity index (χ2v) is 18.8. The minimum absolute atomic E-state index is 0.0656. The lowest BCUT2D eigenvalue weighted by Gasteiger charge is -2.40. The lowest BCUT2D eigenvalue weighted by Crippen LogP contribution is -2.47. The predicted octanol–water partition coefficient (Wildman–Crippen LogP) is 7.06. The summed E-state index contributed by atoms with van der Waals surface area (Å²) in [6.07, 6.45) is -12.0. The van der Waals surface area contributed by atoms with Gasteiger partial charge in [-0.25, -0.2) is 9.98 Å². The monoisotopic (exact) mass is 960 g/mol. The number of alkyl halides is 6. The molecule has 0 fully saturated rings. The number of hydrogen-bond donors (Lipinski definition) is 4. The molecule has 0 bridgehead atoms. The van der Waals surface area contributed by atoms with Crippen molar-refractivity contribution in [3.63, 3.8) is 0 Å². The fourth-order valence-corrected chi connectivity index (χ4v) is 11.8. The molecular weight excluding hydrogens is 919 g/mol. The van der Waals surface area contributed by atoms with E-state index < -0.39 is 89.6 Å². The molecule has 6 rings (SSSR count). The minimum atomic E-state index is -5.40. The SMILES string of the molecule is CCc1cc(-c2cc(CC)c(C3(S(=O)(=O)O)CC(=NN)C(=NC(=O)C(F)(F)F)c4ccccc43)c(CC)c2)cc(CC)c1C1(S(=O)(=O)O)CC(=NN)C(=NC(=O)C(F)(F)F)c2ccccc21. The zero-order valence-corrected chi connectivity index (χ0v) is 37.2. The van der Waals surface area contributed by atoms with E-state index in [4.69, 9.17) is 11.7 Å². The van der Waals surface area contributed by atoms with E-state index in [-0.39, 0.29) is 59.1 Å². The van der Waals surface area contributed by atoms with Gasteiger partial charge in [0.2, 0.25) is 0 Å². The van der Waals surface area contributed by atoms with Crippen molar-refractivity contribution in [2.75, 3.05) is 0 Å². The van der Waals surface area contributed by atoms with Gasteiger partial charge >= 0.3 is 24.2 Å². The first-order chi connectivity index (χ1) is 30.8. The smallest absolute Gasteiger partial charge is 0.323 e. The molecule has 2 unspecified atom stereocenters. The molecule has 6 N–H and O–H groups in total. The van der Waals surface area contributed by atoms with Crippen LogP contribution in [0, 0.1) is 0 Å². The summed E-state index contributed by atoms with van der Waals surface area (Å²) >= 11 is 0. The molecule has 0 saturated carbocycles. The fourth-order valence-electron chi connectivity index (χ4n) is 9.20. The molecule has 66 heavy (non-hydrogen) atoms. The molecule has 0 aromatic heterocycles. The van der Waals surface area contributed by atoms with Gasteiger partial charge in [-0.05, 0) is 81.3 Å². The maximum Gasteiger partial charge on any atom is 0.473 e. The van der Waals surface area contributed by atoms with E-state index in [2.05, 4.69) is 20.2 Å². The number of nitrogens with zero attached hydrogens (tertiary/aromatic N) is 4. The molecule has 2 aliphatic rings. The zero-order chi connectivity index (χ0) is 48.9. The summed E-state index contributed by atoms with van der Waals surface area (Å²) in [6, 6.07) is 17.1. The number of hydrogen-bond acceptors (Lipinski definition) is 10. The average Bonchev–Trinajstić information content (AvgIpc) is 3.26. The van der Waals surface area contributed by atoms with Crippen molar-refractivity contribution in [3.8, 4) is 11.1 Å². The van der Waals surface area contributed by atoms with Crippen molar-refractivity contribution >= 4 is 54.9 Å². The molecule has 22 heteroatoms. The highest BCUT2D eigenvalue weighted by molar-refractivity contribution is 7.87. The molecule has 2 aliphatic carbocycles. The van der Waals surface area contributed by atoms with Crippen molar-refractivity contribution < 1.29 is 61.9 Å². The van der Waals surface area contributed by atoms with Gasteiger partial charge in [-0.3, -0.25) is 18.7 Å². The maximum atomic E-state index is 14.0. The van der Waals surface area contributed by atoms with E-state index in [1.807, 2.05) is 0 Å². The van der Waals surface area contributed by atoms with E-state index in [9.17, 15) is 61.9 Å². The van der Waals surface area contributed by atoms with Crippen LogP contribution in [0.2, 0.25) is 0 Å². The molecule has 0 saturated heterocycles. The van der Waals surface area contributed by atoms with Crippen LogP contribution in [0.1, 0.15) is 96.2 Å². The lowest BCUT2D eigenvalue weighted by molar-refractivity contribution is -0.169. The summed E-state index contributed by atoms with van der Waals surface area (Å²) < 4.78 is 155. The molecule has 2 atom stereocenters. The van der Waals surface area contributed by atoms with Crippen LogP contribution in [-0.2, 0) is 65.0 Å². The summed E-state index contributed by atoms with van der Waals surface area (Å²) in [5, 5.41) is 7.16. The van der Waals surface area contributed by atoms with Crippen molar-refractivity contribution in [1.82, 2.24) is 0 Å². The van der Waals surface area contributed by atoms with Gasteiger partial charge in [0.1, 0.15) is 0 Å². The lowest BCUT2D eigenvalue weighted by atomic mass is 9.71. The van der Waals surface area contributed by atoms with Crippen LogP contribution < -0.4 is 11.7 Å². The quantitative estimate of drug-likeness (QED) is 0.0576. The Morgan fingerprint density at radius 2 is 0.864 bits per heavy atom. The Bertz CT molecular complexity index is 2790. The van der Waals surface area contributed by atoms with Gasteiger partial charge in [-0.2, -0.15) is 53.4 Å². The van der Waals surface area contributed by atoms with Crippen LogP contribution in [0.25, 0.3) is 11.1 Å². The normalized spacial score (nSPS) is 21.6. The summed E-state index contributed by atoms with van der Waals surface area (Å²) in [6.45, 7) is 6.80. The third kappa shape index (κ3) is 8.12. The zero-order valence-electron chi connectivity index (χ0n) is 35.5. The predicted molar refractivity (Wildman–Crippen MR) is 235 cm³/mol. The highest BCUT2D eigenvalue weighted by Crippen LogP contribution is 2.52. The summed E-state index contributed by atoms with van der Waals surface area (Å²) in [7, 11) is -10.6. The molecule has 350 valence electrons. The summed E-state index contributed by atoms with van der Waals surface area (Å²) in [5.41, 5.74) is -0.735. The molecule has 0 heterocycles. The van der Waals surface area contributed by atoms with Crippen LogP contribution in [0.4, 0.5) is 26.3 Å². The second kappa shape index (κ2) is 17.6. The molecule has 14 nitrogen and oxygen atoms in total. The van der Waals surface area contributed by atoms with E-state index in [0.717, 1.165) is 0 Å². The van der Waals surface area contributed by atoms with Crippen LogP contribution in [0.3, 0.4) is 0 Å². The van der Waals surface area contributed by atoms with Crippen LogP contribution in [-0.4, -0.2) is 73.0 Å². The Hall–Kier alpha value is -6.10. The van der Waals surface area contributed by atoms with Crippen LogP contribution in [0.5, 0.6) is 0 Å². The highest BCUT2D eigenvalue weighted by atomic mass is 32.2. The van der Waals surface area contributed by atoms with E-state index in [1.54, 1.807) is 52.0 Å². The number of carbonyl (C=O) groups excluding carboxylic acids is 2. The van der Waals surface area contributed by atoms with E-state index >= 15 is 0 Å². The highest BCUT2D eigenvalue weighted by Gasteiger charge is 2.56. The molecule has 4 aromatic carbocycles.